The van der Waals surface area contributed by atoms with Crippen molar-refractivity contribution in [2.24, 2.45) is 0 Å². The van der Waals surface area contributed by atoms with Gasteiger partial charge in [-0.2, -0.15) is 0 Å². The first-order valence-corrected chi connectivity index (χ1v) is 6.98. The average molecular weight is 314 g/mol. The number of halogens is 1. The number of hydrogen-bond acceptors (Lipinski definition) is 4. The third-order valence-electron chi connectivity index (χ3n) is 3.24. The first-order chi connectivity index (χ1) is 10.7. The fourth-order valence-corrected chi connectivity index (χ4v) is 2.33. The van der Waals surface area contributed by atoms with Crippen molar-refractivity contribution in [1.82, 2.24) is 5.16 Å². The summed E-state index contributed by atoms with van der Waals surface area (Å²) in [4.78, 5) is 11.9. The van der Waals surface area contributed by atoms with Crippen molar-refractivity contribution in [1.29, 1.82) is 0 Å². The lowest BCUT2D eigenvalue weighted by Crippen LogP contribution is -2.01. The van der Waals surface area contributed by atoms with Gasteiger partial charge in [-0.05, 0) is 17.7 Å². The molecule has 0 aliphatic carbocycles. The van der Waals surface area contributed by atoms with Crippen molar-refractivity contribution in [3.8, 4) is 22.4 Å². The second-order valence-electron chi connectivity index (χ2n) is 4.60. The molecule has 0 atom stereocenters. The van der Waals surface area contributed by atoms with E-state index >= 15 is 0 Å². The molecule has 0 radical (unpaired) electrons. The van der Waals surface area contributed by atoms with Gasteiger partial charge in [-0.1, -0.05) is 59.2 Å². The van der Waals surface area contributed by atoms with Crippen LogP contribution >= 0.6 is 11.6 Å². The summed E-state index contributed by atoms with van der Waals surface area (Å²) >= 11 is 5.92. The molecule has 1 heterocycles. The van der Waals surface area contributed by atoms with Crippen LogP contribution < -0.4 is 0 Å². The van der Waals surface area contributed by atoms with Crippen molar-refractivity contribution in [3.05, 3.63) is 65.4 Å². The topological polar surface area (TPSA) is 52.3 Å². The van der Waals surface area contributed by atoms with E-state index in [4.69, 9.17) is 20.9 Å². The Labute approximate surface area is 132 Å². The Morgan fingerprint density at radius 2 is 1.73 bits per heavy atom. The van der Waals surface area contributed by atoms with Gasteiger partial charge in [0, 0.05) is 10.6 Å². The van der Waals surface area contributed by atoms with Crippen LogP contribution in [0, 0.1) is 0 Å². The minimum Gasteiger partial charge on any atom is -0.463 e. The molecule has 0 saturated carbocycles. The number of hydrogen-bond donors (Lipinski definition) is 0. The van der Waals surface area contributed by atoms with Gasteiger partial charge < -0.3 is 9.26 Å². The number of ether oxygens (including phenoxy) is 1. The van der Waals surface area contributed by atoms with Gasteiger partial charge in [0.1, 0.15) is 5.69 Å². The van der Waals surface area contributed by atoms with Crippen molar-refractivity contribution in [2.75, 3.05) is 7.11 Å². The van der Waals surface area contributed by atoms with Gasteiger partial charge in [0.15, 0.2) is 0 Å². The van der Waals surface area contributed by atoms with Gasteiger partial charge in [0.25, 0.3) is 5.76 Å². The lowest BCUT2D eigenvalue weighted by molar-refractivity contribution is 0.0556. The number of esters is 1. The second-order valence-corrected chi connectivity index (χ2v) is 5.04. The highest BCUT2D eigenvalue weighted by Gasteiger charge is 2.24. The van der Waals surface area contributed by atoms with Crippen LogP contribution in [0.2, 0.25) is 5.02 Å². The number of carbonyl (C=O) groups is 1. The van der Waals surface area contributed by atoms with E-state index in [1.807, 2.05) is 42.5 Å². The van der Waals surface area contributed by atoms with Crippen LogP contribution in [0.1, 0.15) is 10.6 Å². The highest BCUT2D eigenvalue weighted by Crippen LogP contribution is 2.35. The molecule has 0 bridgehead atoms. The third kappa shape index (κ3) is 2.61. The van der Waals surface area contributed by atoms with Crippen molar-refractivity contribution in [3.63, 3.8) is 0 Å². The maximum Gasteiger partial charge on any atom is 0.377 e. The maximum atomic E-state index is 11.9. The molecule has 0 saturated heterocycles. The largest absolute Gasteiger partial charge is 0.463 e. The van der Waals surface area contributed by atoms with E-state index in [1.165, 1.54) is 7.11 Å². The number of carbonyl (C=O) groups excluding carboxylic acids is 1. The SMILES string of the molecule is COC(=O)c1onc(-c2ccc(Cl)cc2)c1-c1ccccc1. The van der Waals surface area contributed by atoms with E-state index in [0.29, 0.717) is 16.3 Å². The molecule has 22 heavy (non-hydrogen) atoms. The molecule has 2 aromatic carbocycles. The molecule has 3 rings (SSSR count). The average Bonchev–Trinajstić information content (AvgIpc) is 3.00. The second kappa shape index (κ2) is 6.03. The Balaban J connectivity index is 2.21. The van der Waals surface area contributed by atoms with Gasteiger partial charge >= 0.3 is 5.97 Å². The summed E-state index contributed by atoms with van der Waals surface area (Å²) < 4.78 is 10.0. The Morgan fingerprint density at radius 1 is 1.05 bits per heavy atom. The molecule has 0 unspecified atom stereocenters. The lowest BCUT2D eigenvalue weighted by atomic mass is 9.99. The predicted octanol–water partition coefficient (Wildman–Crippen LogP) is 4.45. The van der Waals surface area contributed by atoms with E-state index in [0.717, 1.165) is 11.1 Å². The molecule has 5 heteroatoms. The molecule has 0 aliphatic rings. The zero-order chi connectivity index (χ0) is 15.5. The molecule has 0 spiro atoms. The molecule has 0 aliphatic heterocycles. The Bertz CT molecular complexity index is 795. The Hall–Kier alpha value is -2.59. The van der Waals surface area contributed by atoms with Crippen LogP contribution in [0.3, 0.4) is 0 Å². The van der Waals surface area contributed by atoms with Crippen molar-refractivity contribution in [2.45, 2.75) is 0 Å². The fraction of sp³-hybridized carbons (Fsp3) is 0.0588. The third-order valence-corrected chi connectivity index (χ3v) is 3.49. The van der Waals surface area contributed by atoms with Gasteiger partial charge in [0.05, 0.1) is 12.7 Å². The molecule has 4 nitrogen and oxygen atoms in total. The first-order valence-electron chi connectivity index (χ1n) is 6.60. The van der Waals surface area contributed by atoms with Crippen LogP contribution in [0.4, 0.5) is 0 Å². The molecule has 3 aromatic rings. The molecular weight excluding hydrogens is 302 g/mol. The summed E-state index contributed by atoms with van der Waals surface area (Å²) in [7, 11) is 1.31. The highest BCUT2D eigenvalue weighted by atomic mass is 35.5. The predicted molar refractivity (Wildman–Crippen MR) is 83.7 cm³/mol. The van der Waals surface area contributed by atoms with E-state index < -0.39 is 5.97 Å². The number of aromatic nitrogens is 1. The molecule has 1 aromatic heterocycles. The molecule has 0 amide bonds. The maximum absolute atomic E-state index is 11.9. The number of methoxy groups -OCH3 is 1. The highest BCUT2D eigenvalue weighted by molar-refractivity contribution is 6.30. The molecule has 110 valence electrons. The standard InChI is InChI=1S/C17H12ClNO3/c1-21-17(20)16-14(11-5-3-2-4-6-11)15(19-22-16)12-7-9-13(18)10-8-12/h2-10H,1H3. The minimum absolute atomic E-state index is 0.0821. The Kier molecular flexibility index (Phi) is 3.94. The van der Waals surface area contributed by atoms with Gasteiger partial charge in [0.2, 0.25) is 0 Å². The monoisotopic (exact) mass is 313 g/mol. The van der Waals surface area contributed by atoms with E-state index in [9.17, 15) is 4.79 Å². The normalized spacial score (nSPS) is 10.5. The zero-order valence-electron chi connectivity index (χ0n) is 11.7. The molecule has 0 fully saturated rings. The minimum atomic E-state index is -0.563. The lowest BCUT2D eigenvalue weighted by Gasteiger charge is -2.04. The number of rotatable bonds is 3. The molecular formula is C17H12ClNO3. The van der Waals surface area contributed by atoms with Crippen molar-refractivity contribution < 1.29 is 14.1 Å². The number of benzene rings is 2. The van der Waals surface area contributed by atoms with Crippen LogP contribution in [-0.4, -0.2) is 18.2 Å². The van der Waals surface area contributed by atoms with E-state index in [2.05, 4.69) is 5.16 Å². The van der Waals surface area contributed by atoms with E-state index in [1.54, 1.807) is 12.1 Å². The molecule has 0 N–H and O–H groups in total. The summed E-state index contributed by atoms with van der Waals surface area (Å²) in [5.74, 6) is -0.481. The summed E-state index contributed by atoms with van der Waals surface area (Å²) in [6.45, 7) is 0. The van der Waals surface area contributed by atoms with Crippen LogP contribution in [0.15, 0.2) is 59.1 Å². The summed E-state index contributed by atoms with van der Waals surface area (Å²) in [5, 5.41) is 4.67. The van der Waals surface area contributed by atoms with Crippen LogP contribution in [0.25, 0.3) is 22.4 Å². The number of nitrogens with zero attached hydrogens (tertiary/aromatic N) is 1. The quantitative estimate of drug-likeness (QED) is 0.670. The summed E-state index contributed by atoms with van der Waals surface area (Å²) in [5.41, 5.74) is 2.81. The van der Waals surface area contributed by atoms with Gasteiger partial charge in [-0.3, -0.25) is 0 Å². The summed E-state index contributed by atoms with van der Waals surface area (Å²) in [6, 6.07) is 16.6. The van der Waals surface area contributed by atoms with E-state index in [-0.39, 0.29) is 5.76 Å². The fourth-order valence-electron chi connectivity index (χ4n) is 2.20. The van der Waals surface area contributed by atoms with Crippen LogP contribution in [0.5, 0.6) is 0 Å². The van der Waals surface area contributed by atoms with Crippen LogP contribution in [-0.2, 0) is 4.74 Å². The summed E-state index contributed by atoms with van der Waals surface area (Å²) in [6.07, 6.45) is 0. The smallest absolute Gasteiger partial charge is 0.377 e. The van der Waals surface area contributed by atoms with Gasteiger partial charge in [-0.15, -0.1) is 0 Å². The van der Waals surface area contributed by atoms with Gasteiger partial charge in [-0.25, -0.2) is 4.79 Å². The zero-order valence-corrected chi connectivity index (χ0v) is 12.5. The first kappa shape index (κ1) is 14.4. The Morgan fingerprint density at radius 3 is 2.36 bits per heavy atom. The van der Waals surface area contributed by atoms with Crippen molar-refractivity contribution >= 4 is 17.6 Å².